The first-order valence-electron chi connectivity index (χ1n) is 7.81. The van der Waals surface area contributed by atoms with Gasteiger partial charge < -0.3 is 5.32 Å². The Hall–Kier alpha value is -2.12. The maximum Gasteiger partial charge on any atom is 0.261 e. The fourth-order valence-electron chi connectivity index (χ4n) is 2.32. The molecule has 2 aromatic carbocycles. The molecule has 0 fully saturated rings. The molecule has 0 atom stereocenters. The first-order chi connectivity index (χ1) is 12.0. The molecule has 0 aliphatic rings. The highest BCUT2D eigenvalue weighted by Crippen LogP contribution is 2.28. The molecule has 0 bridgehead atoms. The van der Waals surface area contributed by atoms with Crippen molar-refractivity contribution in [1.82, 2.24) is 5.32 Å². The minimum atomic E-state index is -4.01. The third kappa shape index (κ3) is 4.16. The number of nitrogens with one attached hydrogen (secondary N) is 2. The minimum Gasteiger partial charge on any atom is -0.355 e. The summed E-state index contributed by atoms with van der Waals surface area (Å²) in [4.78, 5) is 11.9. The van der Waals surface area contributed by atoms with Crippen LogP contribution in [-0.2, 0) is 15.4 Å². The van der Waals surface area contributed by atoms with E-state index in [1.807, 2.05) is 20.8 Å². The zero-order chi connectivity index (χ0) is 19.7. The average Bonchev–Trinajstić information content (AvgIpc) is 2.57. The third-order valence-corrected chi connectivity index (χ3v) is 5.50. The van der Waals surface area contributed by atoms with Gasteiger partial charge in [-0.1, -0.05) is 44.5 Å². The van der Waals surface area contributed by atoms with E-state index in [2.05, 4.69) is 10.0 Å². The molecule has 140 valence electrons. The standard InChI is InChI=1S/C18H20ClFN2O3S/c1-18(2,3)11-5-7-12(8-6-11)26(24,25)22-14-10-9-13(19)16(20)15(14)17(23)21-4/h5-10,22H,1-4H3,(H,21,23). The van der Waals surface area contributed by atoms with E-state index in [4.69, 9.17) is 11.6 Å². The molecule has 26 heavy (non-hydrogen) atoms. The van der Waals surface area contributed by atoms with E-state index in [1.54, 1.807) is 12.1 Å². The quantitative estimate of drug-likeness (QED) is 0.819. The number of carbonyl (C=O) groups excluding carboxylic acids is 1. The number of halogens is 2. The summed E-state index contributed by atoms with van der Waals surface area (Å²) in [6.45, 7) is 6.04. The van der Waals surface area contributed by atoms with Gasteiger partial charge >= 0.3 is 0 Å². The summed E-state index contributed by atoms with van der Waals surface area (Å²) >= 11 is 5.70. The van der Waals surface area contributed by atoms with E-state index < -0.39 is 27.3 Å². The molecular weight excluding hydrogens is 379 g/mol. The van der Waals surface area contributed by atoms with E-state index in [9.17, 15) is 17.6 Å². The largest absolute Gasteiger partial charge is 0.355 e. The third-order valence-electron chi connectivity index (χ3n) is 3.82. The van der Waals surface area contributed by atoms with Crippen molar-refractivity contribution >= 4 is 33.2 Å². The van der Waals surface area contributed by atoms with E-state index in [0.29, 0.717) is 0 Å². The van der Waals surface area contributed by atoms with Crippen molar-refractivity contribution in [3.8, 4) is 0 Å². The molecule has 5 nitrogen and oxygen atoms in total. The van der Waals surface area contributed by atoms with Crippen molar-refractivity contribution in [2.24, 2.45) is 0 Å². The molecule has 1 amide bonds. The highest BCUT2D eigenvalue weighted by Gasteiger charge is 2.23. The van der Waals surface area contributed by atoms with Crippen molar-refractivity contribution < 1.29 is 17.6 Å². The lowest BCUT2D eigenvalue weighted by molar-refractivity contribution is 0.0960. The number of benzene rings is 2. The first-order valence-corrected chi connectivity index (χ1v) is 9.67. The lowest BCUT2D eigenvalue weighted by atomic mass is 9.87. The van der Waals surface area contributed by atoms with Crippen LogP contribution >= 0.6 is 11.6 Å². The Labute approximate surface area is 157 Å². The second kappa shape index (κ2) is 7.25. The molecule has 0 saturated carbocycles. The number of hydrogen-bond acceptors (Lipinski definition) is 3. The Kier molecular flexibility index (Phi) is 5.63. The van der Waals surface area contributed by atoms with Gasteiger partial charge in [0.25, 0.3) is 15.9 Å². The van der Waals surface area contributed by atoms with E-state index >= 15 is 0 Å². The van der Waals surface area contributed by atoms with Crippen LogP contribution in [0.2, 0.25) is 5.02 Å². The molecule has 0 heterocycles. The van der Waals surface area contributed by atoms with Gasteiger partial charge in [-0.3, -0.25) is 9.52 Å². The molecule has 2 N–H and O–H groups in total. The topological polar surface area (TPSA) is 75.3 Å². The minimum absolute atomic E-state index is 0.00344. The Morgan fingerprint density at radius 1 is 1.08 bits per heavy atom. The van der Waals surface area contributed by atoms with Crippen molar-refractivity contribution in [3.05, 3.63) is 58.4 Å². The van der Waals surface area contributed by atoms with Gasteiger partial charge in [0.1, 0.15) is 5.56 Å². The molecule has 2 rings (SSSR count). The molecule has 0 spiro atoms. The number of sulfonamides is 1. The van der Waals surface area contributed by atoms with Crippen LogP contribution in [0.1, 0.15) is 36.7 Å². The normalized spacial score (nSPS) is 11.9. The fourth-order valence-corrected chi connectivity index (χ4v) is 3.55. The first kappa shape index (κ1) is 20.2. The molecule has 2 aromatic rings. The Bertz CT molecular complexity index is 936. The molecule has 0 saturated heterocycles. The van der Waals surface area contributed by atoms with E-state index in [1.165, 1.54) is 31.3 Å². The lowest BCUT2D eigenvalue weighted by Crippen LogP contribution is -2.23. The van der Waals surface area contributed by atoms with Crippen LogP contribution in [0.3, 0.4) is 0 Å². The van der Waals surface area contributed by atoms with Gasteiger partial charge in [-0.05, 0) is 35.2 Å². The summed E-state index contributed by atoms with van der Waals surface area (Å²) in [5, 5.41) is 1.99. The highest BCUT2D eigenvalue weighted by atomic mass is 35.5. The van der Waals surface area contributed by atoms with Gasteiger partial charge in [-0.15, -0.1) is 0 Å². The van der Waals surface area contributed by atoms with E-state index in [-0.39, 0.29) is 21.0 Å². The SMILES string of the molecule is CNC(=O)c1c(NS(=O)(=O)c2ccc(C(C)(C)C)cc2)ccc(Cl)c1F. The second-order valence-electron chi connectivity index (χ2n) is 6.74. The smallest absolute Gasteiger partial charge is 0.261 e. The Morgan fingerprint density at radius 3 is 2.15 bits per heavy atom. The summed E-state index contributed by atoms with van der Waals surface area (Å²) in [6.07, 6.45) is 0. The molecular formula is C18H20ClFN2O3S. The molecule has 0 unspecified atom stereocenters. The van der Waals surface area contributed by atoms with Crippen LogP contribution in [0.4, 0.5) is 10.1 Å². The number of anilines is 1. The van der Waals surface area contributed by atoms with Gasteiger partial charge in [0, 0.05) is 7.05 Å². The zero-order valence-corrected chi connectivity index (χ0v) is 16.4. The Balaban J connectivity index is 2.44. The molecule has 8 heteroatoms. The number of carbonyl (C=O) groups is 1. The monoisotopic (exact) mass is 398 g/mol. The van der Waals surface area contributed by atoms with Crippen LogP contribution in [0.25, 0.3) is 0 Å². The zero-order valence-electron chi connectivity index (χ0n) is 14.9. The predicted molar refractivity (Wildman–Crippen MR) is 101 cm³/mol. The summed E-state index contributed by atoms with van der Waals surface area (Å²) in [6, 6.07) is 8.80. The summed E-state index contributed by atoms with van der Waals surface area (Å²) in [5.41, 5.74) is 0.197. The van der Waals surface area contributed by atoms with Crippen LogP contribution in [0.15, 0.2) is 41.3 Å². The van der Waals surface area contributed by atoms with Gasteiger partial charge in [0.05, 0.1) is 15.6 Å². The summed E-state index contributed by atoms with van der Waals surface area (Å²) < 4.78 is 41.7. The van der Waals surface area contributed by atoms with Gasteiger partial charge in [0.2, 0.25) is 0 Å². The number of hydrogen-bond donors (Lipinski definition) is 2. The van der Waals surface area contributed by atoms with Gasteiger partial charge in [0.15, 0.2) is 5.82 Å². The maximum atomic E-state index is 14.2. The number of amides is 1. The van der Waals surface area contributed by atoms with Crippen LogP contribution < -0.4 is 10.0 Å². The summed E-state index contributed by atoms with van der Waals surface area (Å²) in [7, 11) is -2.70. The predicted octanol–water partition coefficient (Wildman–Crippen LogP) is 3.94. The molecule has 0 aromatic heterocycles. The molecule has 0 radical (unpaired) electrons. The fraction of sp³-hybridized carbons (Fsp3) is 0.278. The highest BCUT2D eigenvalue weighted by molar-refractivity contribution is 7.92. The second-order valence-corrected chi connectivity index (χ2v) is 8.83. The van der Waals surface area contributed by atoms with Crippen LogP contribution in [-0.4, -0.2) is 21.4 Å². The lowest BCUT2D eigenvalue weighted by Gasteiger charge is -2.19. The molecule has 0 aliphatic carbocycles. The van der Waals surface area contributed by atoms with Gasteiger partial charge in [-0.25, -0.2) is 12.8 Å². The van der Waals surface area contributed by atoms with Crippen molar-refractivity contribution in [2.45, 2.75) is 31.1 Å². The van der Waals surface area contributed by atoms with Crippen LogP contribution in [0, 0.1) is 5.82 Å². The van der Waals surface area contributed by atoms with Gasteiger partial charge in [-0.2, -0.15) is 0 Å². The van der Waals surface area contributed by atoms with Crippen molar-refractivity contribution in [2.75, 3.05) is 11.8 Å². The van der Waals surface area contributed by atoms with Crippen LogP contribution in [0.5, 0.6) is 0 Å². The summed E-state index contributed by atoms with van der Waals surface area (Å²) in [5.74, 6) is -1.78. The molecule has 0 aliphatic heterocycles. The van der Waals surface area contributed by atoms with E-state index in [0.717, 1.165) is 5.56 Å². The Morgan fingerprint density at radius 2 is 1.65 bits per heavy atom. The maximum absolute atomic E-state index is 14.2. The average molecular weight is 399 g/mol. The number of rotatable bonds is 4. The van der Waals surface area contributed by atoms with Crippen molar-refractivity contribution in [1.29, 1.82) is 0 Å². The van der Waals surface area contributed by atoms with Crippen molar-refractivity contribution in [3.63, 3.8) is 0 Å².